The molecule has 2 rings (SSSR count). The van der Waals surface area contributed by atoms with Crippen LogP contribution in [0.1, 0.15) is 24.8 Å². The van der Waals surface area contributed by atoms with Gasteiger partial charge in [0.05, 0.1) is 0 Å². The van der Waals surface area contributed by atoms with Crippen molar-refractivity contribution in [2.24, 2.45) is 5.73 Å². The van der Waals surface area contributed by atoms with Crippen molar-refractivity contribution in [1.29, 1.82) is 0 Å². The summed E-state index contributed by atoms with van der Waals surface area (Å²) >= 11 is 0. The summed E-state index contributed by atoms with van der Waals surface area (Å²) in [7, 11) is 0. The monoisotopic (exact) mass is 265 g/mol. The molecular weight excluding hydrogens is 246 g/mol. The first-order valence-electron chi connectivity index (χ1n) is 6.09. The number of allylic oxidation sites excluding steroid dienone is 2. The Bertz CT molecular complexity index is 427. The summed E-state index contributed by atoms with van der Waals surface area (Å²) in [6.07, 6.45) is 8.66. The Labute approximate surface area is 115 Å². The average molecular weight is 266 g/mol. The molecule has 18 heavy (non-hydrogen) atoms. The molecule has 1 aliphatic rings. The van der Waals surface area contributed by atoms with Gasteiger partial charge in [-0.15, -0.1) is 12.4 Å². The molecule has 3 N–H and O–H groups in total. The van der Waals surface area contributed by atoms with Gasteiger partial charge in [-0.2, -0.15) is 0 Å². The molecule has 0 aliphatic heterocycles. The standard InChI is InChI=1S/C15H19NO.ClH/c16-15(11-6-12-17)10-5-4-9-14(15)13-7-2-1-3-8-13;/h1-5,7-9,17H,6,10-12,16H2;1H/t15-;/m0./s1. The lowest BCUT2D eigenvalue weighted by Gasteiger charge is -2.33. The quantitative estimate of drug-likeness (QED) is 0.879. The Morgan fingerprint density at radius 2 is 1.94 bits per heavy atom. The molecule has 0 bridgehead atoms. The van der Waals surface area contributed by atoms with Crippen LogP contribution in [0, 0.1) is 0 Å². The van der Waals surface area contributed by atoms with Crippen LogP contribution in [0.15, 0.2) is 48.6 Å². The van der Waals surface area contributed by atoms with Crippen molar-refractivity contribution >= 4 is 18.0 Å². The number of rotatable bonds is 4. The molecular formula is C15H20ClNO. The van der Waals surface area contributed by atoms with E-state index in [2.05, 4.69) is 30.4 Å². The van der Waals surface area contributed by atoms with Gasteiger partial charge in [0.25, 0.3) is 0 Å². The molecule has 0 aromatic heterocycles. The first kappa shape index (κ1) is 15.0. The largest absolute Gasteiger partial charge is 0.396 e. The van der Waals surface area contributed by atoms with E-state index in [1.165, 1.54) is 11.1 Å². The van der Waals surface area contributed by atoms with E-state index >= 15 is 0 Å². The fourth-order valence-corrected chi connectivity index (χ4v) is 2.35. The van der Waals surface area contributed by atoms with E-state index in [1.54, 1.807) is 0 Å². The SMILES string of the molecule is Cl.N[C@]1(CCCO)CC=CC=C1c1ccccc1. The van der Waals surface area contributed by atoms with Gasteiger partial charge < -0.3 is 10.8 Å². The number of hydrogen-bond acceptors (Lipinski definition) is 2. The molecule has 0 saturated carbocycles. The molecule has 0 fully saturated rings. The lowest BCUT2D eigenvalue weighted by Crippen LogP contribution is -2.41. The van der Waals surface area contributed by atoms with Gasteiger partial charge in [0.15, 0.2) is 0 Å². The van der Waals surface area contributed by atoms with Crippen LogP contribution in [-0.4, -0.2) is 17.3 Å². The van der Waals surface area contributed by atoms with Crippen molar-refractivity contribution < 1.29 is 5.11 Å². The van der Waals surface area contributed by atoms with Gasteiger partial charge in [0.1, 0.15) is 0 Å². The Kier molecular flexibility index (Phi) is 5.60. The molecule has 0 amide bonds. The predicted molar refractivity (Wildman–Crippen MR) is 78.7 cm³/mol. The Morgan fingerprint density at radius 3 is 2.61 bits per heavy atom. The molecule has 3 heteroatoms. The van der Waals surface area contributed by atoms with Gasteiger partial charge in [-0.1, -0.05) is 48.6 Å². The van der Waals surface area contributed by atoms with Crippen molar-refractivity contribution in [2.45, 2.75) is 24.8 Å². The average Bonchev–Trinajstić information content (AvgIpc) is 2.38. The lowest BCUT2D eigenvalue weighted by molar-refractivity contribution is 0.272. The fraction of sp³-hybridized carbons (Fsp3) is 0.333. The van der Waals surface area contributed by atoms with Gasteiger partial charge in [0.2, 0.25) is 0 Å². The van der Waals surface area contributed by atoms with Gasteiger partial charge in [-0.25, -0.2) is 0 Å². The minimum atomic E-state index is -0.334. The maximum Gasteiger partial charge on any atom is 0.0451 e. The first-order chi connectivity index (χ1) is 8.26. The van der Waals surface area contributed by atoms with Crippen molar-refractivity contribution in [3.05, 3.63) is 54.1 Å². The number of nitrogens with two attached hydrogens (primary N) is 1. The number of halogens is 1. The van der Waals surface area contributed by atoms with E-state index in [-0.39, 0.29) is 24.6 Å². The highest BCUT2D eigenvalue weighted by molar-refractivity contribution is 5.85. The van der Waals surface area contributed by atoms with E-state index in [4.69, 9.17) is 10.8 Å². The van der Waals surface area contributed by atoms with Crippen LogP contribution in [0.4, 0.5) is 0 Å². The van der Waals surface area contributed by atoms with Crippen molar-refractivity contribution in [3.8, 4) is 0 Å². The molecule has 98 valence electrons. The number of benzene rings is 1. The summed E-state index contributed by atoms with van der Waals surface area (Å²) in [6.45, 7) is 0.199. The minimum absolute atomic E-state index is 0. The van der Waals surface area contributed by atoms with Crippen LogP contribution in [0.25, 0.3) is 5.57 Å². The zero-order valence-corrected chi connectivity index (χ0v) is 11.2. The summed E-state index contributed by atoms with van der Waals surface area (Å²) in [5.74, 6) is 0. The molecule has 1 aromatic rings. The molecule has 1 atom stereocenters. The van der Waals surface area contributed by atoms with Crippen LogP contribution in [-0.2, 0) is 0 Å². The topological polar surface area (TPSA) is 46.2 Å². The number of aliphatic hydroxyl groups is 1. The highest BCUT2D eigenvalue weighted by Crippen LogP contribution is 2.34. The van der Waals surface area contributed by atoms with Crippen LogP contribution < -0.4 is 5.73 Å². The van der Waals surface area contributed by atoms with E-state index in [0.717, 1.165) is 19.3 Å². The van der Waals surface area contributed by atoms with Gasteiger partial charge >= 0.3 is 0 Å². The van der Waals surface area contributed by atoms with Crippen molar-refractivity contribution in [2.75, 3.05) is 6.61 Å². The second-order valence-corrected chi connectivity index (χ2v) is 4.56. The van der Waals surface area contributed by atoms with Gasteiger partial charge in [-0.05, 0) is 30.4 Å². The van der Waals surface area contributed by atoms with Gasteiger partial charge in [0, 0.05) is 12.1 Å². The Hall–Kier alpha value is -1.09. The zero-order chi connectivity index (χ0) is 12.1. The lowest BCUT2D eigenvalue weighted by atomic mass is 9.77. The Morgan fingerprint density at radius 1 is 1.22 bits per heavy atom. The zero-order valence-electron chi connectivity index (χ0n) is 10.4. The molecule has 0 saturated heterocycles. The van der Waals surface area contributed by atoms with E-state index in [1.807, 2.05) is 18.2 Å². The third-order valence-corrected chi connectivity index (χ3v) is 3.28. The van der Waals surface area contributed by atoms with Crippen LogP contribution in [0.5, 0.6) is 0 Å². The van der Waals surface area contributed by atoms with Crippen molar-refractivity contribution in [1.82, 2.24) is 0 Å². The first-order valence-corrected chi connectivity index (χ1v) is 6.09. The van der Waals surface area contributed by atoms with Crippen LogP contribution in [0.3, 0.4) is 0 Å². The smallest absolute Gasteiger partial charge is 0.0451 e. The molecule has 0 radical (unpaired) electrons. The molecule has 0 spiro atoms. The summed E-state index contributed by atoms with van der Waals surface area (Å²) in [5.41, 5.74) is 8.51. The summed E-state index contributed by atoms with van der Waals surface area (Å²) < 4.78 is 0. The van der Waals surface area contributed by atoms with E-state index in [9.17, 15) is 0 Å². The van der Waals surface area contributed by atoms with Crippen LogP contribution in [0.2, 0.25) is 0 Å². The summed E-state index contributed by atoms with van der Waals surface area (Å²) in [4.78, 5) is 0. The molecule has 2 nitrogen and oxygen atoms in total. The number of hydrogen-bond donors (Lipinski definition) is 2. The third kappa shape index (κ3) is 3.22. The second kappa shape index (κ2) is 6.74. The molecule has 1 aliphatic carbocycles. The van der Waals surface area contributed by atoms with Crippen LogP contribution >= 0.6 is 12.4 Å². The fourth-order valence-electron chi connectivity index (χ4n) is 2.35. The summed E-state index contributed by atoms with van der Waals surface area (Å²) in [6, 6.07) is 10.2. The maximum absolute atomic E-state index is 8.98. The molecule has 0 unspecified atom stereocenters. The molecule has 1 aromatic carbocycles. The highest BCUT2D eigenvalue weighted by atomic mass is 35.5. The van der Waals surface area contributed by atoms with E-state index in [0.29, 0.717) is 0 Å². The predicted octanol–water partition coefficient (Wildman–Crippen LogP) is 2.92. The third-order valence-electron chi connectivity index (χ3n) is 3.28. The normalized spacial score (nSPS) is 22.2. The Balaban J connectivity index is 0.00000162. The molecule has 0 heterocycles. The van der Waals surface area contributed by atoms with Crippen molar-refractivity contribution in [3.63, 3.8) is 0 Å². The van der Waals surface area contributed by atoms with E-state index < -0.39 is 0 Å². The second-order valence-electron chi connectivity index (χ2n) is 4.56. The number of aliphatic hydroxyl groups excluding tert-OH is 1. The minimum Gasteiger partial charge on any atom is -0.396 e. The van der Waals surface area contributed by atoms with Gasteiger partial charge in [-0.3, -0.25) is 0 Å². The summed E-state index contributed by atoms with van der Waals surface area (Å²) in [5, 5.41) is 8.98. The maximum atomic E-state index is 8.98. The highest BCUT2D eigenvalue weighted by Gasteiger charge is 2.30.